The van der Waals surface area contributed by atoms with Crippen LogP contribution in [0, 0.1) is 0 Å². The third-order valence-corrected chi connectivity index (χ3v) is 4.29. The first-order valence-corrected chi connectivity index (χ1v) is 7.96. The second kappa shape index (κ2) is 6.31. The van der Waals surface area contributed by atoms with Crippen molar-refractivity contribution in [2.45, 2.75) is 84.6 Å². The first-order chi connectivity index (χ1) is 9.39. The van der Waals surface area contributed by atoms with Crippen molar-refractivity contribution in [1.82, 2.24) is 10.2 Å². The normalized spacial score (nSPS) is 24.4. The molecule has 0 amide bonds. The maximum Gasteiger partial charge on any atom is 0.118 e. The summed E-state index contributed by atoms with van der Waals surface area (Å²) in [6.07, 6.45) is 5.79. The molecule has 3 nitrogen and oxygen atoms in total. The molecule has 1 aromatic heterocycles. The van der Waals surface area contributed by atoms with E-state index >= 15 is 0 Å². The van der Waals surface area contributed by atoms with E-state index in [1.165, 1.54) is 24.8 Å². The van der Waals surface area contributed by atoms with E-state index in [1.807, 2.05) is 6.26 Å². The van der Waals surface area contributed by atoms with Crippen molar-refractivity contribution in [2.75, 3.05) is 0 Å². The smallest absolute Gasteiger partial charge is 0.118 e. The minimum atomic E-state index is 0.147. The lowest BCUT2D eigenvalue weighted by molar-refractivity contribution is 0.175. The molecule has 0 saturated carbocycles. The summed E-state index contributed by atoms with van der Waals surface area (Å²) in [6.45, 7) is 13.0. The van der Waals surface area contributed by atoms with E-state index in [0.717, 1.165) is 24.9 Å². The van der Waals surface area contributed by atoms with Gasteiger partial charge in [-0.25, -0.2) is 0 Å². The zero-order valence-electron chi connectivity index (χ0n) is 13.7. The average Bonchev–Trinajstić information content (AvgIpc) is 2.95. The van der Waals surface area contributed by atoms with Gasteiger partial charge in [0.25, 0.3) is 0 Å². The van der Waals surface area contributed by atoms with Crippen molar-refractivity contribution < 1.29 is 4.42 Å². The number of rotatable bonds is 5. The summed E-state index contributed by atoms with van der Waals surface area (Å²) in [5.74, 6) is 1.10. The molecule has 20 heavy (non-hydrogen) atoms. The Morgan fingerprint density at radius 2 is 2.10 bits per heavy atom. The lowest BCUT2D eigenvalue weighted by Crippen LogP contribution is -2.35. The molecule has 1 N–H and O–H groups in total. The van der Waals surface area contributed by atoms with Gasteiger partial charge in [-0.3, -0.25) is 4.90 Å². The van der Waals surface area contributed by atoms with Crippen LogP contribution in [0.1, 0.15) is 65.2 Å². The van der Waals surface area contributed by atoms with Crippen LogP contribution in [0.25, 0.3) is 0 Å². The fraction of sp³-hybridized carbons (Fsp3) is 0.765. The molecule has 2 unspecified atom stereocenters. The Labute approximate surface area is 123 Å². The lowest BCUT2D eigenvalue weighted by atomic mass is 10.1. The van der Waals surface area contributed by atoms with Gasteiger partial charge >= 0.3 is 0 Å². The van der Waals surface area contributed by atoms with Crippen LogP contribution in [0.5, 0.6) is 0 Å². The van der Waals surface area contributed by atoms with Crippen molar-refractivity contribution in [1.29, 1.82) is 0 Å². The predicted octanol–water partition coefficient (Wildman–Crippen LogP) is 3.93. The zero-order valence-corrected chi connectivity index (χ0v) is 13.7. The van der Waals surface area contributed by atoms with Crippen LogP contribution >= 0.6 is 0 Å². The summed E-state index contributed by atoms with van der Waals surface area (Å²) in [6, 6.07) is 3.61. The molecule has 3 heteroatoms. The molecule has 1 aliphatic rings. The fourth-order valence-electron chi connectivity index (χ4n) is 3.00. The maximum absolute atomic E-state index is 5.75. The van der Waals surface area contributed by atoms with E-state index in [2.05, 4.69) is 50.9 Å². The van der Waals surface area contributed by atoms with E-state index < -0.39 is 0 Å². The van der Waals surface area contributed by atoms with Gasteiger partial charge in [0.1, 0.15) is 5.76 Å². The van der Waals surface area contributed by atoms with Crippen molar-refractivity contribution >= 4 is 0 Å². The van der Waals surface area contributed by atoms with Crippen molar-refractivity contribution in [2.24, 2.45) is 0 Å². The Bertz CT molecular complexity index is 419. The second-order valence-electron chi connectivity index (χ2n) is 7.19. The molecule has 0 spiro atoms. The standard InChI is InChI=1S/C17H30N2O/c1-6-15-8-7-13(2)19(15)11-16-9-14(12-20-16)10-18-17(3,4)5/h9,12-13,15,18H,6-8,10-11H2,1-5H3. The van der Waals surface area contributed by atoms with Gasteiger partial charge in [-0.05, 0) is 53.0 Å². The summed E-state index contributed by atoms with van der Waals surface area (Å²) in [5.41, 5.74) is 1.39. The number of furan rings is 1. The van der Waals surface area contributed by atoms with Crippen LogP contribution in [0.2, 0.25) is 0 Å². The molecule has 1 aromatic rings. The predicted molar refractivity (Wildman–Crippen MR) is 83.6 cm³/mol. The fourth-order valence-corrected chi connectivity index (χ4v) is 3.00. The van der Waals surface area contributed by atoms with E-state index in [1.54, 1.807) is 0 Å². The Morgan fingerprint density at radius 1 is 1.35 bits per heavy atom. The van der Waals surface area contributed by atoms with Gasteiger partial charge in [-0.2, -0.15) is 0 Å². The minimum Gasteiger partial charge on any atom is -0.468 e. The van der Waals surface area contributed by atoms with Gasteiger partial charge < -0.3 is 9.73 Å². The zero-order chi connectivity index (χ0) is 14.8. The van der Waals surface area contributed by atoms with Gasteiger partial charge in [0.05, 0.1) is 12.8 Å². The minimum absolute atomic E-state index is 0.147. The molecule has 114 valence electrons. The molecule has 2 heterocycles. The molecule has 2 rings (SSSR count). The summed E-state index contributed by atoms with van der Waals surface area (Å²) in [4.78, 5) is 2.60. The number of likely N-dealkylation sites (tertiary alicyclic amines) is 1. The quantitative estimate of drug-likeness (QED) is 0.884. The van der Waals surface area contributed by atoms with E-state index in [0.29, 0.717) is 6.04 Å². The molecular weight excluding hydrogens is 248 g/mol. The Morgan fingerprint density at radius 3 is 2.75 bits per heavy atom. The summed E-state index contributed by atoms with van der Waals surface area (Å²) < 4.78 is 5.75. The van der Waals surface area contributed by atoms with Crippen LogP contribution < -0.4 is 5.32 Å². The average molecular weight is 278 g/mol. The molecule has 0 aromatic carbocycles. The highest BCUT2D eigenvalue weighted by Crippen LogP contribution is 2.28. The van der Waals surface area contributed by atoms with E-state index in [-0.39, 0.29) is 5.54 Å². The van der Waals surface area contributed by atoms with Gasteiger partial charge in [-0.15, -0.1) is 0 Å². The molecule has 1 saturated heterocycles. The molecule has 1 fully saturated rings. The highest BCUT2D eigenvalue weighted by molar-refractivity contribution is 5.13. The van der Waals surface area contributed by atoms with Crippen LogP contribution in [-0.2, 0) is 13.1 Å². The summed E-state index contributed by atoms with van der Waals surface area (Å²) >= 11 is 0. The van der Waals surface area contributed by atoms with E-state index in [4.69, 9.17) is 4.42 Å². The molecule has 2 atom stereocenters. The molecular formula is C17H30N2O. The van der Waals surface area contributed by atoms with Gasteiger partial charge in [0.15, 0.2) is 0 Å². The topological polar surface area (TPSA) is 28.4 Å². The van der Waals surface area contributed by atoms with Crippen LogP contribution in [0.3, 0.4) is 0 Å². The number of nitrogens with zero attached hydrogens (tertiary/aromatic N) is 1. The molecule has 0 aliphatic carbocycles. The van der Waals surface area contributed by atoms with Crippen molar-refractivity contribution in [3.05, 3.63) is 23.7 Å². The number of hydrogen-bond acceptors (Lipinski definition) is 3. The van der Waals surface area contributed by atoms with Crippen LogP contribution in [0.4, 0.5) is 0 Å². The first kappa shape index (κ1) is 15.6. The second-order valence-corrected chi connectivity index (χ2v) is 7.19. The van der Waals surface area contributed by atoms with Crippen molar-refractivity contribution in [3.8, 4) is 0 Å². The van der Waals surface area contributed by atoms with Gasteiger partial charge in [0.2, 0.25) is 0 Å². The Kier molecular flexibility index (Phi) is 4.92. The summed E-state index contributed by atoms with van der Waals surface area (Å²) in [7, 11) is 0. The highest BCUT2D eigenvalue weighted by Gasteiger charge is 2.29. The van der Waals surface area contributed by atoms with Crippen LogP contribution in [-0.4, -0.2) is 22.5 Å². The monoisotopic (exact) mass is 278 g/mol. The van der Waals surface area contributed by atoms with Crippen molar-refractivity contribution in [3.63, 3.8) is 0 Å². The highest BCUT2D eigenvalue weighted by atomic mass is 16.3. The third-order valence-electron chi connectivity index (χ3n) is 4.29. The number of nitrogens with one attached hydrogen (secondary N) is 1. The molecule has 0 bridgehead atoms. The lowest BCUT2D eigenvalue weighted by Gasteiger charge is -2.26. The van der Waals surface area contributed by atoms with Gasteiger partial charge in [0, 0.05) is 29.7 Å². The number of hydrogen-bond donors (Lipinski definition) is 1. The summed E-state index contributed by atoms with van der Waals surface area (Å²) in [5, 5.41) is 3.50. The molecule has 1 aliphatic heterocycles. The van der Waals surface area contributed by atoms with Gasteiger partial charge in [-0.1, -0.05) is 6.92 Å². The van der Waals surface area contributed by atoms with E-state index in [9.17, 15) is 0 Å². The first-order valence-electron chi connectivity index (χ1n) is 7.96. The SMILES string of the molecule is CCC1CCC(C)N1Cc1cc(CNC(C)(C)C)co1. The largest absolute Gasteiger partial charge is 0.468 e. The third kappa shape index (κ3) is 4.10. The Hall–Kier alpha value is -0.800. The Balaban J connectivity index is 1.92. The van der Waals surface area contributed by atoms with Crippen LogP contribution in [0.15, 0.2) is 16.7 Å². The molecule has 0 radical (unpaired) electrons. The maximum atomic E-state index is 5.75.